The van der Waals surface area contributed by atoms with Crippen LogP contribution in [0.15, 0.2) is 16.6 Å². The fourth-order valence-corrected chi connectivity index (χ4v) is 2.82. The van der Waals surface area contributed by atoms with E-state index in [1.165, 1.54) is 0 Å². The highest BCUT2D eigenvalue weighted by atomic mass is 79.9. The van der Waals surface area contributed by atoms with Gasteiger partial charge >= 0.3 is 0 Å². The summed E-state index contributed by atoms with van der Waals surface area (Å²) in [5, 5.41) is 1.47. The normalized spacial score (nSPS) is 12.2. The summed E-state index contributed by atoms with van der Waals surface area (Å²) < 4.78 is 6.80. The molecule has 0 saturated carbocycles. The van der Waals surface area contributed by atoms with Gasteiger partial charge in [-0.05, 0) is 29.2 Å². The minimum atomic E-state index is -0.348. The van der Waals surface area contributed by atoms with Crippen LogP contribution in [-0.4, -0.2) is 22.0 Å². The molecular weight excluding hydrogens is 363 g/mol. The molecule has 1 nitrogen and oxygen atoms in total. The first kappa shape index (κ1) is 17.5. The second-order valence-corrected chi connectivity index (χ2v) is 10.6. The van der Waals surface area contributed by atoms with Crippen molar-refractivity contribution in [3.63, 3.8) is 0 Å². The van der Waals surface area contributed by atoms with Gasteiger partial charge in [-0.1, -0.05) is 66.1 Å². The summed E-state index contributed by atoms with van der Waals surface area (Å²) >= 11 is 15.5. The Labute approximate surface area is 136 Å². The number of ether oxygens (including phenoxy) is 1. The Kier molecular flexibility index (Phi) is 6.88. The number of benzene rings is 1. The van der Waals surface area contributed by atoms with Crippen molar-refractivity contribution in [3.05, 3.63) is 32.2 Å². The van der Waals surface area contributed by atoms with E-state index in [-0.39, 0.29) is 8.80 Å². The maximum absolute atomic E-state index is 6.02. The predicted molar refractivity (Wildman–Crippen MR) is 90.2 cm³/mol. The summed E-state index contributed by atoms with van der Waals surface area (Å²) in [6.45, 7) is 10.7. The van der Waals surface area contributed by atoms with Gasteiger partial charge in [0.2, 0.25) is 0 Å². The van der Waals surface area contributed by atoms with E-state index in [4.69, 9.17) is 27.9 Å². The lowest BCUT2D eigenvalue weighted by molar-refractivity contribution is 0.116. The molecule has 0 aromatic heterocycles. The predicted octanol–water partition coefficient (Wildman–Crippen LogP) is 5.85. The summed E-state index contributed by atoms with van der Waals surface area (Å²) in [7, 11) is -0.348. The van der Waals surface area contributed by atoms with E-state index >= 15 is 0 Å². The topological polar surface area (TPSA) is 9.23 Å². The largest absolute Gasteiger partial charge is 0.381 e. The highest BCUT2D eigenvalue weighted by molar-refractivity contribution is 9.10. The van der Waals surface area contributed by atoms with Crippen LogP contribution in [-0.2, 0) is 11.2 Å². The van der Waals surface area contributed by atoms with Crippen LogP contribution in [0.5, 0.6) is 0 Å². The number of hydrogen-bond donors (Lipinski definition) is 0. The molecule has 1 aromatic carbocycles. The fourth-order valence-electron chi connectivity index (χ4n) is 1.41. The van der Waals surface area contributed by atoms with Gasteiger partial charge in [0.1, 0.15) is 0 Å². The van der Waals surface area contributed by atoms with E-state index in [0.29, 0.717) is 21.7 Å². The Hall–Kier alpha value is 0.457. The van der Waals surface area contributed by atoms with E-state index in [2.05, 4.69) is 42.9 Å². The first-order valence-corrected chi connectivity index (χ1v) is 10.3. The second-order valence-electron chi connectivity index (χ2n) is 5.54. The Morgan fingerprint density at radius 3 is 2.37 bits per heavy atom. The zero-order chi connectivity index (χ0) is 14.6. The summed E-state index contributed by atoms with van der Waals surface area (Å²) in [6.07, 6.45) is 0.836. The van der Waals surface area contributed by atoms with Crippen LogP contribution in [0, 0.1) is 0 Å². The molecule has 0 heterocycles. The monoisotopic (exact) mass is 381 g/mol. The third kappa shape index (κ3) is 5.39. The van der Waals surface area contributed by atoms with Gasteiger partial charge in [0.05, 0.1) is 25.4 Å². The second kappa shape index (κ2) is 7.46. The average molecular weight is 383 g/mol. The Balaban J connectivity index is 2.48. The molecule has 0 N–H and O–H groups in total. The van der Waals surface area contributed by atoms with Crippen molar-refractivity contribution in [1.29, 1.82) is 0 Å². The van der Waals surface area contributed by atoms with Crippen molar-refractivity contribution in [2.45, 2.75) is 38.4 Å². The Morgan fingerprint density at radius 1 is 1.21 bits per heavy atom. The molecule has 1 rings (SSSR count). The van der Waals surface area contributed by atoms with E-state index in [0.717, 1.165) is 23.1 Å². The minimum absolute atomic E-state index is 0.305. The highest BCUT2D eigenvalue weighted by Gasteiger charge is 2.23. The van der Waals surface area contributed by atoms with Crippen molar-refractivity contribution in [1.82, 2.24) is 0 Å². The molecule has 0 amide bonds. The van der Waals surface area contributed by atoms with Crippen molar-refractivity contribution >= 4 is 47.9 Å². The van der Waals surface area contributed by atoms with Gasteiger partial charge in [0.15, 0.2) is 0 Å². The summed E-state index contributed by atoms with van der Waals surface area (Å²) in [4.78, 5) is 0. The number of halogens is 3. The van der Waals surface area contributed by atoms with Gasteiger partial charge < -0.3 is 4.74 Å². The summed E-state index contributed by atoms with van der Waals surface area (Å²) in [5.74, 6) is 0. The van der Waals surface area contributed by atoms with E-state index in [9.17, 15) is 0 Å². The van der Waals surface area contributed by atoms with Crippen molar-refractivity contribution in [3.8, 4) is 0 Å². The molecule has 0 aliphatic carbocycles. The number of rotatable bonds is 6. The van der Waals surface area contributed by atoms with Gasteiger partial charge in [0, 0.05) is 11.1 Å². The Morgan fingerprint density at radius 2 is 1.79 bits per heavy atom. The van der Waals surface area contributed by atoms with Crippen LogP contribution in [0.2, 0.25) is 28.2 Å². The standard InChI is InChI=1S/C14H20BrCl2OSi/c1-14(2,19(3)4)9-18-6-5-10-7-12(16)13(17)8-11(10)15/h7-8H,5-6,9H2,1-4H3. The molecule has 1 radical (unpaired) electrons. The average Bonchev–Trinajstić information content (AvgIpc) is 2.30. The SMILES string of the molecule is C[Si](C)C(C)(C)COCCc1cc(Cl)c(Cl)cc1Br. The quantitative estimate of drug-likeness (QED) is 0.340. The minimum Gasteiger partial charge on any atom is -0.381 e. The molecule has 107 valence electrons. The van der Waals surface area contributed by atoms with E-state index in [1.807, 2.05) is 12.1 Å². The highest BCUT2D eigenvalue weighted by Crippen LogP contribution is 2.30. The van der Waals surface area contributed by atoms with Crippen LogP contribution in [0.1, 0.15) is 19.4 Å². The summed E-state index contributed by atoms with van der Waals surface area (Å²) in [6, 6.07) is 3.74. The van der Waals surface area contributed by atoms with Crippen LogP contribution < -0.4 is 0 Å². The fraction of sp³-hybridized carbons (Fsp3) is 0.571. The smallest absolute Gasteiger partial charge is 0.0603 e. The van der Waals surface area contributed by atoms with Crippen LogP contribution in [0.25, 0.3) is 0 Å². The molecule has 0 aliphatic heterocycles. The summed E-state index contributed by atoms with van der Waals surface area (Å²) in [5.41, 5.74) is 1.13. The van der Waals surface area contributed by atoms with Crippen LogP contribution in [0.4, 0.5) is 0 Å². The third-order valence-electron chi connectivity index (χ3n) is 3.42. The van der Waals surface area contributed by atoms with Crippen LogP contribution >= 0.6 is 39.1 Å². The van der Waals surface area contributed by atoms with Crippen molar-refractivity contribution < 1.29 is 4.74 Å². The van der Waals surface area contributed by atoms with Gasteiger partial charge in [-0.15, -0.1) is 0 Å². The Bertz CT molecular complexity index is 436. The molecule has 5 heteroatoms. The lowest BCUT2D eigenvalue weighted by Crippen LogP contribution is -2.26. The zero-order valence-corrected chi connectivity index (χ0v) is 15.9. The van der Waals surface area contributed by atoms with Crippen LogP contribution in [0.3, 0.4) is 0 Å². The van der Waals surface area contributed by atoms with Crippen molar-refractivity contribution in [2.24, 2.45) is 0 Å². The third-order valence-corrected chi connectivity index (χ3v) is 7.73. The van der Waals surface area contributed by atoms with Gasteiger partial charge in [0.25, 0.3) is 0 Å². The van der Waals surface area contributed by atoms with Gasteiger partial charge in [-0.2, -0.15) is 0 Å². The van der Waals surface area contributed by atoms with Gasteiger partial charge in [-0.25, -0.2) is 0 Å². The molecular formula is C14H20BrCl2OSi. The molecule has 0 unspecified atom stereocenters. The van der Waals surface area contributed by atoms with E-state index in [1.54, 1.807) is 0 Å². The first-order valence-electron chi connectivity index (χ1n) is 6.26. The molecule has 0 aliphatic rings. The molecule has 0 atom stereocenters. The maximum Gasteiger partial charge on any atom is 0.0603 e. The van der Waals surface area contributed by atoms with Crippen molar-refractivity contribution in [2.75, 3.05) is 13.2 Å². The lowest BCUT2D eigenvalue weighted by Gasteiger charge is -2.27. The molecule has 19 heavy (non-hydrogen) atoms. The lowest BCUT2D eigenvalue weighted by atomic mass is 10.1. The van der Waals surface area contributed by atoms with E-state index < -0.39 is 0 Å². The maximum atomic E-state index is 6.02. The molecule has 0 fully saturated rings. The molecule has 0 bridgehead atoms. The zero-order valence-electron chi connectivity index (χ0n) is 11.8. The van der Waals surface area contributed by atoms with Gasteiger partial charge in [-0.3, -0.25) is 0 Å². The molecule has 0 saturated heterocycles. The molecule has 1 aromatic rings. The molecule has 0 spiro atoms. The first-order chi connectivity index (χ1) is 8.74. The number of hydrogen-bond acceptors (Lipinski definition) is 1.